The molecule has 3 aromatic rings. The minimum atomic E-state index is -2.87. The highest BCUT2D eigenvalue weighted by molar-refractivity contribution is 7.19. The van der Waals surface area contributed by atoms with Crippen molar-refractivity contribution in [3.8, 4) is 5.75 Å². The van der Waals surface area contributed by atoms with Crippen LogP contribution >= 0.6 is 11.3 Å². The normalized spacial score (nSPS) is 16.9. The van der Waals surface area contributed by atoms with Crippen molar-refractivity contribution in [2.24, 2.45) is 5.92 Å². The number of aryl methyl sites for hydroxylation is 1. The number of nitrogens with one attached hydrogen (secondary N) is 1. The Balaban J connectivity index is 1.76. The lowest BCUT2D eigenvalue weighted by atomic mass is 9.89. The Morgan fingerprint density at radius 1 is 1.28 bits per heavy atom. The molecular weight excluding hydrogens is 344 g/mol. The van der Waals surface area contributed by atoms with E-state index in [1.54, 1.807) is 29.5 Å². The summed E-state index contributed by atoms with van der Waals surface area (Å²) < 4.78 is 29.9. The van der Waals surface area contributed by atoms with Crippen molar-refractivity contribution in [2.75, 3.05) is 5.32 Å². The molecule has 2 aromatic heterocycles. The van der Waals surface area contributed by atoms with Gasteiger partial charge in [-0.05, 0) is 42.9 Å². The Hall–Kier alpha value is -2.28. The van der Waals surface area contributed by atoms with Gasteiger partial charge in [-0.3, -0.25) is 0 Å². The summed E-state index contributed by atoms with van der Waals surface area (Å²) in [6.07, 6.45) is 4.69. The Bertz CT molecular complexity index is 912. The van der Waals surface area contributed by atoms with Crippen LogP contribution in [-0.4, -0.2) is 16.6 Å². The van der Waals surface area contributed by atoms with Gasteiger partial charge < -0.3 is 10.1 Å². The van der Waals surface area contributed by atoms with Crippen LogP contribution in [0.5, 0.6) is 5.75 Å². The number of hydrogen-bond acceptors (Lipinski definition) is 5. The summed E-state index contributed by atoms with van der Waals surface area (Å²) >= 11 is 1.70. The summed E-state index contributed by atoms with van der Waals surface area (Å²) in [5, 5.41) is 4.17. The van der Waals surface area contributed by atoms with Gasteiger partial charge >= 0.3 is 6.61 Å². The maximum atomic E-state index is 12.6. The summed E-state index contributed by atoms with van der Waals surface area (Å²) in [6, 6.07) is 6.64. The number of aromatic nitrogens is 2. The Morgan fingerprint density at radius 2 is 2.12 bits per heavy atom. The number of benzene rings is 1. The molecule has 0 amide bonds. The lowest BCUT2D eigenvalue weighted by Gasteiger charge is -2.18. The van der Waals surface area contributed by atoms with Gasteiger partial charge in [-0.1, -0.05) is 19.1 Å². The molecule has 0 unspecified atom stereocenters. The first-order chi connectivity index (χ1) is 12.1. The average molecular weight is 361 g/mol. The second kappa shape index (κ2) is 6.55. The molecule has 0 saturated heterocycles. The second-order valence-corrected chi connectivity index (χ2v) is 7.34. The van der Waals surface area contributed by atoms with Gasteiger partial charge in [0.2, 0.25) is 0 Å². The van der Waals surface area contributed by atoms with E-state index in [-0.39, 0.29) is 5.75 Å². The molecule has 0 bridgehead atoms. The number of rotatable bonds is 4. The number of ether oxygens (including phenoxy) is 1. The molecular formula is C18H17F2N3OS. The van der Waals surface area contributed by atoms with Gasteiger partial charge in [-0.15, -0.1) is 11.3 Å². The first-order valence-corrected chi connectivity index (χ1v) is 8.99. The van der Waals surface area contributed by atoms with E-state index in [1.165, 1.54) is 22.8 Å². The Morgan fingerprint density at radius 3 is 2.96 bits per heavy atom. The van der Waals surface area contributed by atoms with Crippen LogP contribution in [-0.2, 0) is 12.8 Å². The molecule has 25 heavy (non-hydrogen) atoms. The quantitative estimate of drug-likeness (QED) is 0.697. The van der Waals surface area contributed by atoms with Gasteiger partial charge in [0.1, 0.15) is 22.7 Å². The van der Waals surface area contributed by atoms with Crippen molar-refractivity contribution in [3.05, 3.63) is 41.0 Å². The van der Waals surface area contributed by atoms with Crippen molar-refractivity contribution in [2.45, 2.75) is 32.8 Å². The van der Waals surface area contributed by atoms with Crippen LogP contribution in [0.25, 0.3) is 10.2 Å². The van der Waals surface area contributed by atoms with Gasteiger partial charge in [0.15, 0.2) is 0 Å². The second-order valence-electron chi connectivity index (χ2n) is 6.25. The van der Waals surface area contributed by atoms with Crippen molar-refractivity contribution in [3.63, 3.8) is 0 Å². The summed E-state index contributed by atoms with van der Waals surface area (Å²) in [7, 11) is 0. The molecule has 130 valence electrons. The molecule has 2 heterocycles. The molecule has 1 aliphatic rings. The highest BCUT2D eigenvalue weighted by Gasteiger charge is 2.23. The zero-order valence-corrected chi connectivity index (χ0v) is 14.4. The van der Waals surface area contributed by atoms with Crippen LogP contribution in [0.3, 0.4) is 0 Å². The number of fused-ring (bicyclic) bond motifs is 3. The Kier molecular flexibility index (Phi) is 4.25. The predicted molar refractivity (Wildman–Crippen MR) is 95.0 cm³/mol. The highest BCUT2D eigenvalue weighted by atomic mass is 32.1. The first kappa shape index (κ1) is 16.2. The molecule has 0 fully saturated rings. The number of thiophene rings is 1. The molecule has 1 aromatic carbocycles. The molecule has 7 heteroatoms. The van der Waals surface area contributed by atoms with Crippen molar-refractivity contribution in [1.29, 1.82) is 0 Å². The van der Waals surface area contributed by atoms with Crippen LogP contribution in [0.2, 0.25) is 0 Å². The van der Waals surface area contributed by atoms with E-state index in [4.69, 9.17) is 0 Å². The zero-order chi connectivity index (χ0) is 17.4. The minimum Gasteiger partial charge on any atom is -0.433 e. The maximum absolute atomic E-state index is 12.6. The van der Waals surface area contributed by atoms with E-state index in [0.29, 0.717) is 17.4 Å². The van der Waals surface area contributed by atoms with E-state index in [9.17, 15) is 8.78 Å². The molecule has 4 nitrogen and oxygen atoms in total. The topological polar surface area (TPSA) is 47.0 Å². The summed E-state index contributed by atoms with van der Waals surface area (Å²) in [5.41, 5.74) is 1.75. The largest absolute Gasteiger partial charge is 0.433 e. The molecule has 1 N–H and O–H groups in total. The SMILES string of the molecule is C[C@H]1CCc2c(sc3ncnc(Nc4ccccc4OC(F)F)c23)C1. The molecule has 0 radical (unpaired) electrons. The molecule has 1 atom stereocenters. The third kappa shape index (κ3) is 3.16. The maximum Gasteiger partial charge on any atom is 0.387 e. The van der Waals surface area contributed by atoms with Crippen molar-refractivity contribution in [1.82, 2.24) is 9.97 Å². The number of hydrogen-bond donors (Lipinski definition) is 1. The summed E-state index contributed by atoms with van der Waals surface area (Å²) in [6.45, 7) is -0.612. The van der Waals surface area contributed by atoms with E-state index >= 15 is 0 Å². The smallest absolute Gasteiger partial charge is 0.387 e. The van der Waals surface area contributed by atoms with E-state index < -0.39 is 6.61 Å². The summed E-state index contributed by atoms with van der Waals surface area (Å²) in [5.74, 6) is 1.41. The number of anilines is 2. The van der Waals surface area contributed by atoms with Crippen LogP contribution in [0.4, 0.5) is 20.3 Å². The van der Waals surface area contributed by atoms with Crippen molar-refractivity contribution < 1.29 is 13.5 Å². The third-order valence-electron chi connectivity index (χ3n) is 4.45. The zero-order valence-electron chi connectivity index (χ0n) is 13.6. The fraction of sp³-hybridized carbons (Fsp3) is 0.333. The molecule has 0 aliphatic heterocycles. The van der Waals surface area contributed by atoms with Crippen molar-refractivity contribution >= 4 is 33.1 Å². The highest BCUT2D eigenvalue weighted by Crippen LogP contribution is 2.41. The monoisotopic (exact) mass is 361 g/mol. The number of halogens is 2. The molecule has 4 rings (SSSR count). The van der Waals surface area contributed by atoms with Gasteiger partial charge in [0.25, 0.3) is 0 Å². The third-order valence-corrected chi connectivity index (χ3v) is 5.61. The lowest BCUT2D eigenvalue weighted by molar-refractivity contribution is -0.0493. The van der Waals surface area contributed by atoms with E-state index in [2.05, 4.69) is 26.9 Å². The van der Waals surface area contributed by atoms with Crippen LogP contribution in [0.15, 0.2) is 30.6 Å². The Labute approximate surface area is 147 Å². The summed E-state index contributed by atoms with van der Waals surface area (Å²) in [4.78, 5) is 11.1. The fourth-order valence-corrected chi connectivity index (χ4v) is 4.62. The number of alkyl halides is 2. The number of nitrogens with zero attached hydrogens (tertiary/aromatic N) is 2. The van der Waals surface area contributed by atoms with Gasteiger partial charge in [0, 0.05) is 4.88 Å². The molecule has 0 saturated carbocycles. The number of para-hydroxylation sites is 2. The minimum absolute atomic E-state index is 0.0991. The average Bonchev–Trinajstić information content (AvgIpc) is 2.94. The first-order valence-electron chi connectivity index (χ1n) is 8.18. The van der Waals surface area contributed by atoms with Crippen LogP contribution in [0, 0.1) is 5.92 Å². The van der Waals surface area contributed by atoms with Gasteiger partial charge in [-0.2, -0.15) is 8.78 Å². The van der Waals surface area contributed by atoms with Crippen LogP contribution in [0.1, 0.15) is 23.8 Å². The van der Waals surface area contributed by atoms with E-state index in [0.717, 1.165) is 29.5 Å². The predicted octanol–water partition coefficient (Wildman–Crippen LogP) is 5.16. The fourth-order valence-electron chi connectivity index (χ4n) is 3.27. The van der Waals surface area contributed by atoms with Gasteiger partial charge in [-0.25, -0.2) is 9.97 Å². The molecule has 0 spiro atoms. The van der Waals surface area contributed by atoms with E-state index in [1.807, 2.05) is 0 Å². The lowest BCUT2D eigenvalue weighted by Crippen LogP contribution is -2.09. The standard InChI is InChI=1S/C18H17F2N3OS/c1-10-6-7-11-14(8-10)25-17-15(11)16(21-9-22-17)23-12-4-2-3-5-13(12)24-18(19)20/h2-5,9-10,18H,6-8H2,1H3,(H,21,22,23)/t10-/m0/s1. The van der Waals surface area contributed by atoms with Crippen LogP contribution < -0.4 is 10.1 Å². The molecule has 1 aliphatic carbocycles. The van der Waals surface area contributed by atoms with Gasteiger partial charge in [0.05, 0.1) is 11.1 Å².